The van der Waals surface area contributed by atoms with E-state index in [0.29, 0.717) is 38.2 Å². The molecule has 162 valence electrons. The molecule has 1 aromatic carbocycles. The van der Waals surface area contributed by atoms with Crippen LogP contribution in [0.2, 0.25) is 0 Å². The number of rotatable bonds is 7. The molecule has 9 heteroatoms. The first kappa shape index (κ1) is 22.0. The summed E-state index contributed by atoms with van der Waals surface area (Å²) in [6.07, 6.45) is 1.05. The number of methoxy groups -OCH3 is 1. The van der Waals surface area contributed by atoms with Crippen LogP contribution < -0.4 is 10.1 Å². The van der Waals surface area contributed by atoms with Gasteiger partial charge in [0, 0.05) is 45.2 Å². The Kier molecular flexibility index (Phi) is 7.50. The Morgan fingerprint density at radius 3 is 2.55 bits per heavy atom. The molecule has 0 aliphatic carbocycles. The van der Waals surface area contributed by atoms with Gasteiger partial charge in [-0.3, -0.25) is 9.69 Å². The van der Waals surface area contributed by atoms with Gasteiger partial charge in [-0.25, -0.2) is 8.42 Å². The van der Waals surface area contributed by atoms with E-state index in [2.05, 4.69) is 10.2 Å². The average molecular weight is 426 g/mol. The highest BCUT2D eigenvalue weighted by molar-refractivity contribution is 7.89. The van der Waals surface area contributed by atoms with Gasteiger partial charge >= 0.3 is 0 Å². The maximum atomic E-state index is 13.1. The molecule has 2 heterocycles. The lowest BCUT2D eigenvalue weighted by atomic mass is 9.97. The third-order valence-electron chi connectivity index (χ3n) is 5.59. The second kappa shape index (κ2) is 9.88. The topological polar surface area (TPSA) is 88.2 Å². The largest absolute Gasteiger partial charge is 0.495 e. The first-order valence-corrected chi connectivity index (χ1v) is 11.6. The summed E-state index contributed by atoms with van der Waals surface area (Å²) in [5.74, 6) is 0.215. The van der Waals surface area contributed by atoms with E-state index >= 15 is 0 Å². The van der Waals surface area contributed by atoms with Gasteiger partial charge in [-0.05, 0) is 37.5 Å². The van der Waals surface area contributed by atoms with E-state index in [1.54, 1.807) is 12.1 Å². The number of benzene rings is 1. The van der Waals surface area contributed by atoms with Crippen molar-refractivity contribution >= 4 is 15.9 Å². The van der Waals surface area contributed by atoms with Crippen molar-refractivity contribution in [1.82, 2.24) is 14.5 Å². The SMILES string of the molecule is COc1ccc(C)cc1S(=O)(=O)N1CCC(C(=O)NCCN2CCOCC2)CC1. The average Bonchev–Trinajstić information content (AvgIpc) is 2.74. The van der Waals surface area contributed by atoms with Crippen molar-refractivity contribution in [3.8, 4) is 5.75 Å². The number of sulfonamides is 1. The number of aryl methyl sites for hydroxylation is 1. The van der Waals surface area contributed by atoms with Crippen LogP contribution in [0, 0.1) is 12.8 Å². The van der Waals surface area contributed by atoms with Gasteiger partial charge in [-0.1, -0.05) is 6.07 Å². The van der Waals surface area contributed by atoms with E-state index in [1.165, 1.54) is 11.4 Å². The normalized spacial score (nSPS) is 19.8. The monoisotopic (exact) mass is 425 g/mol. The van der Waals surface area contributed by atoms with Gasteiger partial charge in [0.15, 0.2) is 0 Å². The molecule has 0 bridgehead atoms. The molecular weight excluding hydrogens is 394 g/mol. The van der Waals surface area contributed by atoms with Gasteiger partial charge in [0.25, 0.3) is 0 Å². The minimum absolute atomic E-state index is 0.0171. The highest BCUT2D eigenvalue weighted by atomic mass is 32.2. The summed E-state index contributed by atoms with van der Waals surface area (Å²) >= 11 is 0. The maximum absolute atomic E-state index is 13.1. The van der Waals surface area contributed by atoms with Crippen LogP contribution in [-0.4, -0.2) is 83.1 Å². The van der Waals surface area contributed by atoms with Crippen LogP contribution in [0.4, 0.5) is 0 Å². The van der Waals surface area contributed by atoms with Gasteiger partial charge in [0.1, 0.15) is 10.6 Å². The third-order valence-corrected chi connectivity index (χ3v) is 7.51. The first-order chi connectivity index (χ1) is 13.9. The Bertz CT molecular complexity index is 800. The van der Waals surface area contributed by atoms with Crippen LogP contribution in [0.25, 0.3) is 0 Å². The van der Waals surface area contributed by atoms with Gasteiger partial charge in [-0.15, -0.1) is 0 Å². The zero-order valence-corrected chi connectivity index (χ0v) is 18.0. The lowest BCUT2D eigenvalue weighted by Gasteiger charge is -2.31. The number of hydrogen-bond donors (Lipinski definition) is 1. The van der Waals surface area contributed by atoms with E-state index < -0.39 is 10.0 Å². The Hall–Kier alpha value is -1.68. The fourth-order valence-electron chi connectivity index (χ4n) is 3.79. The van der Waals surface area contributed by atoms with Crippen molar-refractivity contribution in [2.45, 2.75) is 24.7 Å². The van der Waals surface area contributed by atoms with E-state index in [0.717, 1.165) is 38.4 Å². The predicted molar refractivity (Wildman–Crippen MR) is 109 cm³/mol. The molecule has 0 unspecified atom stereocenters. The summed E-state index contributed by atoms with van der Waals surface area (Å²) < 4.78 is 38.2. The van der Waals surface area contributed by atoms with Crippen LogP contribution in [0.15, 0.2) is 23.1 Å². The molecule has 0 saturated carbocycles. The van der Waals surface area contributed by atoms with Crippen molar-refractivity contribution in [2.24, 2.45) is 5.92 Å². The number of carbonyl (C=O) groups is 1. The fraction of sp³-hybridized carbons (Fsp3) is 0.650. The highest BCUT2D eigenvalue weighted by Crippen LogP contribution is 2.30. The summed E-state index contributed by atoms with van der Waals surface area (Å²) in [5, 5.41) is 3.00. The summed E-state index contributed by atoms with van der Waals surface area (Å²) in [4.78, 5) is 14.9. The summed E-state index contributed by atoms with van der Waals surface area (Å²) in [6, 6.07) is 5.14. The molecule has 1 amide bonds. The van der Waals surface area contributed by atoms with Crippen LogP contribution in [0.5, 0.6) is 5.75 Å². The fourth-order valence-corrected chi connectivity index (χ4v) is 5.50. The number of carbonyl (C=O) groups excluding carboxylic acids is 1. The Labute approximate surface area is 173 Å². The molecule has 2 aliphatic rings. The Morgan fingerprint density at radius 2 is 1.90 bits per heavy atom. The summed E-state index contributed by atoms with van der Waals surface area (Å²) in [7, 11) is -2.18. The second-order valence-electron chi connectivity index (χ2n) is 7.58. The summed E-state index contributed by atoms with van der Waals surface area (Å²) in [5.41, 5.74) is 0.860. The van der Waals surface area contributed by atoms with Crippen molar-refractivity contribution in [2.75, 3.05) is 59.6 Å². The molecule has 1 N–H and O–H groups in total. The Balaban J connectivity index is 1.51. The molecule has 29 heavy (non-hydrogen) atoms. The van der Waals surface area contributed by atoms with Gasteiger partial charge in [0.2, 0.25) is 15.9 Å². The second-order valence-corrected chi connectivity index (χ2v) is 9.48. The van der Waals surface area contributed by atoms with Crippen molar-refractivity contribution < 1.29 is 22.7 Å². The van der Waals surface area contributed by atoms with Crippen molar-refractivity contribution in [3.05, 3.63) is 23.8 Å². The van der Waals surface area contributed by atoms with Crippen molar-refractivity contribution in [3.63, 3.8) is 0 Å². The minimum atomic E-state index is -3.65. The number of morpholine rings is 1. The first-order valence-electron chi connectivity index (χ1n) is 10.1. The van der Waals surface area contributed by atoms with E-state index in [1.807, 2.05) is 13.0 Å². The number of amides is 1. The third kappa shape index (κ3) is 5.48. The minimum Gasteiger partial charge on any atom is -0.495 e. The quantitative estimate of drug-likeness (QED) is 0.697. The molecule has 0 aromatic heterocycles. The number of nitrogens with zero attached hydrogens (tertiary/aromatic N) is 2. The lowest BCUT2D eigenvalue weighted by molar-refractivity contribution is -0.126. The predicted octanol–water partition coefficient (Wildman–Crippen LogP) is 0.853. The van der Waals surface area contributed by atoms with E-state index in [9.17, 15) is 13.2 Å². The van der Waals surface area contributed by atoms with Gasteiger partial charge in [-0.2, -0.15) is 4.31 Å². The number of piperidine rings is 1. The van der Waals surface area contributed by atoms with Crippen LogP contribution >= 0.6 is 0 Å². The number of hydrogen-bond acceptors (Lipinski definition) is 6. The maximum Gasteiger partial charge on any atom is 0.246 e. The molecule has 0 radical (unpaired) electrons. The van der Waals surface area contributed by atoms with Crippen LogP contribution in [0.3, 0.4) is 0 Å². The smallest absolute Gasteiger partial charge is 0.246 e. The highest BCUT2D eigenvalue weighted by Gasteiger charge is 2.33. The zero-order chi connectivity index (χ0) is 20.9. The summed E-state index contributed by atoms with van der Waals surface area (Å²) in [6.45, 7) is 7.23. The molecule has 3 rings (SSSR count). The molecule has 2 fully saturated rings. The Morgan fingerprint density at radius 1 is 1.21 bits per heavy atom. The van der Waals surface area contributed by atoms with Crippen LogP contribution in [-0.2, 0) is 19.6 Å². The van der Waals surface area contributed by atoms with Crippen LogP contribution in [0.1, 0.15) is 18.4 Å². The molecule has 2 saturated heterocycles. The van der Waals surface area contributed by atoms with E-state index in [4.69, 9.17) is 9.47 Å². The lowest BCUT2D eigenvalue weighted by Crippen LogP contribution is -2.45. The number of nitrogens with one attached hydrogen (secondary N) is 1. The van der Waals surface area contributed by atoms with Gasteiger partial charge < -0.3 is 14.8 Å². The zero-order valence-electron chi connectivity index (χ0n) is 17.2. The number of ether oxygens (including phenoxy) is 2. The standard InChI is InChI=1S/C20H31N3O5S/c1-16-3-4-18(27-2)19(15-16)29(25,26)23-8-5-17(6-9-23)20(24)21-7-10-22-11-13-28-14-12-22/h3-4,15,17H,5-14H2,1-2H3,(H,21,24). The molecule has 0 atom stereocenters. The van der Waals surface area contributed by atoms with Gasteiger partial charge in [0.05, 0.1) is 20.3 Å². The molecule has 2 aliphatic heterocycles. The molecule has 8 nitrogen and oxygen atoms in total. The molecule has 0 spiro atoms. The van der Waals surface area contributed by atoms with Crippen molar-refractivity contribution in [1.29, 1.82) is 0 Å². The van der Waals surface area contributed by atoms with E-state index in [-0.39, 0.29) is 16.7 Å². The molecular formula is C20H31N3O5S. The molecule has 1 aromatic rings.